The molecule has 0 saturated carbocycles. The lowest BCUT2D eigenvalue weighted by atomic mass is 10.1. The number of hydrazone groups is 1. The van der Waals surface area contributed by atoms with Crippen molar-refractivity contribution in [3.05, 3.63) is 72.6 Å². The molecule has 1 aliphatic rings. The molecule has 2 amide bonds. The fraction of sp³-hybridized carbons (Fsp3) is 0.261. The molecule has 32 heavy (non-hydrogen) atoms. The Hall–Kier alpha value is -3.85. The molecule has 9 heteroatoms. The molecule has 0 fully saturated rings. The van der Waals surface area contributed by atoms with Gasteiger partial charge < -0.3 is 18.9 Å². The molecule has 0 spiro atoms. The van der Waals surface area contributed by atoms with Crippen molar-refractivity contribution in [1.82, 2.24) is 9.91 Å². The fourth-order valence-corrected chi connectivity index (χ4v) is 3.54. The van der Waals surface area contributed by atoms with Gasteiger partial charge in [-0.2, -0.15) is 5.10 Å². The van der Waals surface area contributed by atoms with Crippen LogP contribution in [0.5, 0.6) is 5.75 Å². The van der Waals surface area contributed by atoms with Gasteiger partial charge in [-0.15, -0.1) is 0 Å². The van der Waals surface area contributed by atoms with E-state index < -0.39 is 0 Å². The Morgan fingerprint density at radius 2 is 1.97 bits per heavy atom. The smallest absolute Gasteiger partial charge is 0.257 e. The zero-order valence-corrected chi connectivity index (χ0v) is 17.9. The van der Waals surface area contributed by atoms with Crippen LogP contribution in [-0.2, 0) is 9.59 Å². The van der Waals surface area contributed by atoms with E-state index in [9.17, 15) is 9.59 Å². The number of nitrogens with zero attached hydrogens (tertiary/aromatic N) is 3. The maximum atomic E-state index is 13.1. The predicted molar refractivity (Wildman–Crippen MR) is 117 cm³/mol. The number of rotatable bonds is 8. The summed E-state index contributed by atoms with van der Waals surface area (Å²) < 4.78 is 16.1. The third-order valence-electron chi connectivity index (χ3n) is 5.02. The minimum absolute atomic E-state index is 0.0116. The predicted octanol–water partition coefficient (Wildman–Crippen LogP) is 3.13. The van der Waals surface area contributed by atoms with Crippen molar-refractivity contribution in [3.63, 3.8) is 0 Å². The largest absolute Gasteiger partial charge is 0.497 e. The van der Waals surface area contributed by atoms with E-state index in [4.69, 9.17) is 13.6 Å². The van der Waals surface area contributed by atoms with Crippen LogP contribution >= 0.6 is 0 Å². The van der Waals surface area contributed by atoms with Crippen molar-refractivity contribution < 1.29 is 23.2 Å². The van der Waals surface area contributed by atoms with Crippen molar-refractivity contribution in [1.29, 1.82) is 0 Å². The number of amides is 2. The SMILES string of the molecule is COc1cccc(NC(=O)CN(C)CC(=O)N2N=C(c3ccco3)CC2c2ccco2)c1. The molecule has 166 valence electrons. The van der Waals surface area contributed by atoms with E-state index in [-0.39, 0.29) is 30.9 Å². The summed E-state index contributed by atoms with van der Waals surface area (Å²) in [5.41, 5.74) is 1.29. The summed E-state index contributed by atoms with van der Waals surface area (Å²) in [7, 11) is 3.27. The number of carbonyl (C=O) groups excluding carboxylic acids is 2. The van der Waals surface area contributed by atoms with Crippen LogP contribution in [0.2, 0.25) is 0 Å². The summed E-state index contributed by atoms with van der Waals surface area (Å²) >= 11 is 0. The highest BCUT2D eigenvalue weighted by molar-refractivity contribution is 6.01. The van der Waals surface area contributed by atoms with Gasteiger partial charge in [0.1, 0.15) is 29.0 Å². The molecule has 0 bridgehead atoms. The maximum Gasteiger partial charge on any atom is 0.257 e. The molecule has 0 saturated heterocycles. The van der Waals surface area contributed by atoms with Crippen LogP contribution in [0.25, 0.3) is 0 Å². The summed E-state index contributed by atoms with van der Waals surface area (Å²) in [5.74, 6) is 1.42. The Morgan fingerprint density at radius 3 is 2.69 bits per heavy atom. The van der Waals surface area contributed by atoms with Crippen LogP contribution in [0.15, 0.2) is 75.0 Å². The lowest BCUT2D eigenvalue weighted by Crippen LogP contribution is -2.39. The van der Waals surface area contributed by atoms with Crippen molar-refractivity contribution in [2.45, 2.75) is 12.5 Å². The highest BCUT2D eigenvalue weighted by Gasteiger charge is 2.36. The van der Waals surface area contributed by atoms with Gasteiger partial charge in [0.15, 0.2) is 0 Å². The van der Waals surface area contributed by atoms with Crippen molar-refractivity contribution in [2.75, 3.05) is 32.6 Å². The molecular weight excluding hydrogens is 412 g/mol. The van der Waals surface area contributed by atoms with Gasteiger partial charge in [0.05, 0.1) is 32.7 Å². The van der Waals surface area contributed by atoms with Gasteiger partial charge in [-0.05, 0) is 43.4 Å². The number of hydrogen-bond donors (Lipinski definition) is 1. The molecule has 1 N–H and O–H groups in total. The Bertz CT molecular complexity index is 1090. The van der Waals surface area contributed by atoms with E-state index in [0.717, 1.165) is 0 Å². The molecule has 1 unspecified atom stereocenters. The third kappa shape index (κ3) is 4.89. The molecule has 1 atom stereocenters. The van der Waals surface area contributed by atoms with Crippen LogP contribution in [-0.4, -0.2) is 54.7 Å². The van der Waals surface area contributed by atoms with E-state index in [2.05, 4.69) is 10.4 Å². The average molecular weight is 436 g/mol. The van der Waals surface area contributed by atoms with E-state index in [1.54, 1.807) is 74.0 Å². The van der Waals surface area contributed by atoms with Gasteiger partial charge in [-0.3, -0.25) is 14.5 Å². The molecular formula is C23H24N4O5. The second-order valence-electron chi connectivity index (χ2n) is 7.45. The molecule has 3 aromatic rings. The van der Waals surface area contributed by atoms with Gasteiger partial charge in [0.2, 0.25) is 5.91 Å². The fourth-order valence-electron chi connectivity index (χ4n) is 3.54. The molecule has 1 aliphatic heterocycles. The molecule has 0 radical (unpaired) electrons. The summed E-state index contributed by atoms with van der Waals surface area (Å²) in [5, 5.41) is 8.71. The highest BCUT2D eigenvalue weighted by Crippen LogP contribution is 2.33. The molecule has 4 rings (SSSR count). The molecule has 9 nitrogen and oxygen atoms in total. The summed E-state index contributed by atoms with van der Waals surface area (Å²) in [6.45, 7) is 0.0502. The second-order valence-corrected chi connectivity index (χ2v) is 7.45. The minimum atomic E-state index is -0.364. The van der Waals surface area contributed by atoms with Crippen molar-refractivity contribution in [2.24, 2.45) is 5.10 Å². The van der Waals surface area contributed by atoms with Gasteiger partial charge in [0, 0.05) is 18.2 Å². The third-order valence-corrected chi connectivity index (χ3v) is 5.02. The molecule has 2 aromatic heterocycles. The van der Waals surface area contributed by atoms with Gasteiger partial charge >= 0.3 is 0 Å². The summed E-state index contributed by atoms with van der Waals surface area (Å²) in [6, 6.07) is 13.9. The summed E-state index contributed by atoms with van der Waals surface area (Å²) in [6.07, 6.45) is 3.61. The number of methoxy groups -OCH3 is 1. The van der Waals surface area contributed by atoms with Crippen LogP contribution < -0.4 is 10.1 Å². The monoisotopic (exact) mass is 436 g/mol. The number of carbonyl (C=O) groups is 2. The lowest BCUT2D eigenvalue weighted by molar-refractivity contribution is -0.134. The Morgan fingerprint density at radius 1 is 1.16 bits per heavy atom. The number of nitrogens with one attached hydrogen (secondary N) is 1. The number of furan rings is 2. The van der Waals surface area contributed by atoms with Crippen LogP contribution in [0.4, 0.5) is 5.69 Å². The van der Waals surface area contributed by atoms with Crippen molar-refractivity contribution >= 4 is 23.2 Å². The Balaban J connectivity index is 1.40. The van der Waals surface area contributed by atoms with Crippen molar-refractivity contribution in [3.8, 4) is 5.75 Å². The van der Waals surface area contributed by atoms with Gasteiger partial charge in [-0.25, -0.2) is 5.01 Å². The zero-order valence-electron chi connectivity index (χ0n) is 17.9. The first-order valence-electron chi connectivity index (χ1n) is 10.1. The Kier molecular flexibility index (Phi) is 6.37. The number of benzene rings is 1. The molecule has 1 aromatic carbocycles. The number of ether oxygens (including phenoxy) is 1. The summed E-state index contributed by atoms with van der Waals surface area (Å²) in [4.78, 5) is 27.1. The number of hydrogen-bond acceptors (Lipinski definition) is 7. The topological polar surface area (TPSA) is 101 Å². The van der Waals surface area contributed by atoms with Crippen LogP contribution in [0.3, 0.4) is 0 Å². The first kappa shape index (κ1) is 21.4. The van der Waals surface area contributed by atoms with E-state index in [1.807, 2.05) is 6.07 Å². The normalized spacial score (nSPS) is 15.7. The molecule has 3 heterocycles. The number of likely N-dealkylation sites (N-methyl/N-ethyl adjacent to an activating group) is 1. The Labute approximate surface area is 185 Å². The van der Waals surface area contributed by atoms with E-state index in [0.29, 0.717) is 35.1 Å². The number of anilines is 1. The second kappa shape index (κ2) is 9.52. The minimum Gasteiger partial charge on any atom is -0.497 e. The maximum absolute atomic E-state index is 13.1. The molecule has 0 aliphatic carbocycles. The zero-order chi connectivity index (χ0) is 22.5. The van der Waals surface area contributed by atoms with Crippen LogP contribution in [0.1, 0.15) is 24.0 Å². The first-order valence-corrected chi connectivity index (χ1v) is 10.1. The first-order chi connectivity index (χ1) is 15.5. The van der Waals surface area contributed by atoms with Gasteiger partial charge in [0.25, 0.3) is 5.91 Å². The van der Waals surface area contributed by atoms with E-state index in [1.165, 1.54) is 5.01 Å². The van der Waals surface area contributed by atoms with Gasteiger partial charge in [-0.1, -0.05) is 6.07 Å². The lowest BCUT2D eigenvalue weighted by Gasteiger charge is -2.23. The standard InChI is InChI=1S/C23H24N4O5/c1-26(14-22(28)24-16-6-3-7-17(12-16)30-2)15-23(29)27-19(21-9-5-11-32-21)13-18(25-27)20-8-4-10-31-20/h3-12,19H,13-15H2,1-2H3,(H,24,28). The van der Waals surface area contributed by atoms with E-state index >= 15 is 0 Å². The highest BCUT2D eigenvalue weighted by atomic mass is 16.5. The average Bonchev–Trinajstić information content (AvgIpc) is 3.54. The quantitative estimate of drug-likeness (QED) is 0.582. The van der Waals surface area contributed by atoms with Crippen LogP contribution in [0, 0.1) is 0 Å².